The van der Waals surface area contributed by atoms with Gasteiger partial charge in [0.1, 0.15) is 0 Å². The van der Waals surface area contributed by atoms with Crippen LogP contribution in [0.1, 0.15) is 58.8 Å². The third-order valence-corrected chi connectivity index (χ3v) is 3.54. The van der Waals surface area contributed by atoms with Gasteiger partial charge in [0.2, 0.25) is 0 Å². The van der Waals surface area contributed by atoms with Crippen molar-refractivity contribution in [1.29, 1.82) is 0 Å². The van der Waals surface area contributed by atoms with Crippen LogP contribution in [0.5, 0.6) is 0 Å². The maximum atomic E-state index is 11.1. The molecule has 0 heterocycles. The highest BCUT2D eigenvalue weighted by molar-refractivity contribution is 5.71. The largest absolute Gasteiger partial charge is 0.481 e. The molecule has 0 bridgehead atoms. The number of hydrogen-bond donors (Lipinski definition) is 1. The van der Waals surface area contributed by atoms with E-state index in [1.807, 2.05) is 0 Å². The third kappa shape index (κ3) is 4.23. The average Bonchev–Trinajstić information content (AvgIpc) is 2.96. The van der Waals surface area contributed by atoms with Crippen molar-refractivity contribution < 1.29 is 9.90 Å². The number of carboxylic acids is 1. The lowest BCUT2D eigenvalue weighted by atomic mass is 9.86. The number of carboxylic acid groups (broad SMARTS) is 1. The zero-order chi connectivity index (χ0) is 11.3. The van der Waals surface area contributed by atoms with Crippen molar-refractivity contribution in [2.75, 3.05) is 0 Å². The van der Waals surface area contributed by atoms with E-state index in [4.69, 9.17) is 5.11 Å². The van der Waals surface area contributed by atoms with Crippen molar-refractivity contribution in [3.63, 3.8) is 0 Å². The van der Waals surface area contributed by atoms with Gasteiger partial charge < -0.3 is 5.11 Å². The van der Waals surface area contributed by atoms with E-state index in [9.17, 15) is 4.79 Å². The summed E-state index contributed by atoms with van der Waals surface area (Å²) in [5.74, 6) is 0.225. The molecule has 2 unspecified atom stereocenters. The SMILES string of the molecule is CCCCCCC(C)C(C(=O)O)C1CC1. The molecule has 2 nitrogen and oxygen atoms in total. The van der Waals surface area contributed by atoms with Gasteiger partial charge in [-0.15, -0.1) is 0 Å². The molecule has 1 fully saturated rings. The van der Waals surface area contributed by atoms with Crippen molar-refractivity contribution in [2.24, 2.45) is 17.8 Å². The lowest BCUT2D eigenvalue weighted by Crippen LogP contribution is -2.23. The van der Waals surface area contributed by atoms with Crippen LogP contribution >= 0.6 is 0 Å². The summed E-state index contributed by atoms with van der Waals surface area (Å²) in [6.45, 7) is 4.32. The van der Waals surface area contributed by atoms with Gasteiger partial charge in [-0.05, 0) is 31.1 Å². The zero-order valence-corrected chi connectivity index (χ0v) is 10.0. The number of hydrogen-bond acceptors (Lipinski definition) is 1. The molecule has 2 atom stereocenters. The molecule has 1 aliphatic rings. The fourth-order valence-electron chi connectivity index (χ4n) is 2.44. The van der Waals surface area contributed by atoms with Crippen LogP contribution in [0.15, 0.2) is 0 Å². The smallest absolute Gasteiger partial charge is 0.307 e. The van der Waals surface area contributed by atoms with E-state index in [1.54, 1.807) is 0 Å². The third-order valence-electron chi connectivity index (χ3n) is 3.54. The van der Waals surface area contributed by atoms with E-state index < -0.39 is 5.97 Å². The van der Waals surface area contributed by atoms with Gasteiger partial charge in [0.25, 0.3) is 0 Å². The maximum absolute atomic E-state index is 11.1. The number of rotatable bonds is 8. The van der Waals surface area contributed by atoms with Crippen molar-refractivity contribution in [3.8, 4) is 0 Å². The molecule has 2 heteroatoms. The second kappa shape index (κ2) is 6.14. The predicted octanol–water partition coefficient (Wildman–Crippen LogP) is 3.70. The molecule has 0 aromatic rings. The monoisotopic (exact) mass is 212 g/mol. The number of aliphatic carboxylic acids is 1. The van der Waals surface area contributed by atoms with Crippen LogP contribution < -0.4 is 0 Å². The van der Waals surface area contributed by atoms with Gasteiger partial charge in [-0.25, -0.2) is 0 Å². The minimum atomic E-state index is -0.569. The molecule has 0 aromatic carbocycles. The molecule has 0 spiro atoms. The maximum Gasteiger partial charge on any atom is 0.307 e. The van der Waals surface area contributed by atoms with Crippen LogP contribution in [0.4, 0.5) is 0 Å². The van der Waals surface area contributed by atoms with Crippen LogP contribution in [0.3, 0.4) is 0 Å². The van der Waals surface area contributed by atoms with Crippen LogP contribution in [0.2, 0.25) is 0 Å². The van der Waals surface area contributed by atoms with Gasteiger partial charge in [-0.3, -0.25) is 4.79 Å². The van der Waals surface area contributed by atoms with E-state index in [0.717, 1.165) is 19.3 Å². The summed E-state index contributed by atoms with van der Waals surface area (Å²) >= 11 is 0. The Hall–Kier alpha value is -0.530. The Morgan fingerprint density at radius 3 is 2.47 bits per heavy atom. The van der Waals surface area contributed by atoms with Crippen LogP contribution in [-0.2, 0) is 4.79 Å². The summed E-state index contributed by atoms with van der Waals surface area (Å²) < 4.78 is 0. The lowest BCUT2D eigenvalue weighted by Gasteiger charge is -2.19. The zero-order valence-electron chi connectivity index (χ0n) is 10.0. The van der Waals surface area contributed by atoms with Crippen molar-refractivity contribution in [3.05, 3.63) is 0 Å². The van der Waals surface area contributed by atoms with Crippen molar-refractivity contribution in [2.45, 2.75) is 58.8 Å². The second-order valence-electron chi connectivity index (χ2n) is 5.03. The molecule has 1 N–H and O–H groups in total. The van der Waals surface area contributed by atoms with Gasteiger partial charge in [0.05, 0.1) is 5.92 Å². The Morgan fingerprint density at radius 2 is 2.00 bits per heavy atom. The molecule has 0 saturated heterocycles. The van der Waals surface area contributed by atoms with Crippen molar-refractivity contribution >= 4 is 5.97 Å². The summed E-state index contributed by atoms with van der Waals surface area (Å²) in [6, 6.07) is 0. The molecule has 1 rings (SSSR count). The first kappa shape index (κ1) is 12.5. The van der Waals surface area contributed by atoms with Crippen LogP contribution in [0.25, 0.3) is 0 Å². The lowest BCUT2D eigenvalue weighted by molar-refractivity contribution is -0.144. The average molecular weight is 212 g/mol. The van der Waals surface area contributed by atoms with E-state index in [0.29, 0.717) is 11.8 Å². The molecule has 0 radical (unpaired) electrons. The highest BCUT2D eigenvalue weighted by Gasteiger charge is 2.39. The summed E-state index contributed by atoms with van der Waals surface area (Å²) in [6.07, 6.45) is 8.36. The molecule has 1 saturated carbocycles. The fourth-order valence-corrected chi connectivity index (χ4v) is 2.44. The first-order chi connectivity index (χ1) is 7.16. The number of unbranched alkanes of at least 4 members (excludes halogenated alkanes) is 3. The van der Waals surface area contributed by atoms with E-state index >= 15 is 0 Å². The van der Waals surface area contributed by atoms with Gasteiger partial charge in [-0.1, -0.05) is 39.5 Å². The predicted molar refractivity (Wildman–Crippen MR) is 61.8 cm³/mol. The molecule has 88 valence electrons. The molecular formula is C13H24O2. The van der Waals surface area contributed by atoms with Gasteiger partial charge in [0, 0.05) is 0 Å². The fraction of sp³-hybridized carbons (Fsp3) is 0.923. The second-order valence-corrected chi connectivity index (χ2v) is 5.03. The Kier molecular flexibility index (Phi) is 5.13. The topological polar surface area (TPSA) is 37.3 Å². The van der Waals surface area contributed by atoms with E-state index in [2.05, 4.69) is 13.8 Å². The summed E-state index contributed by atoms with van der Waals surface area (Å²) in [4.78, 5) is 11.1. The van der Waals surface area contributed by atoms with Crippen LogP contribution in [-0.4, -0.2) is 11.1 Å². The minimum absolute atomic E-state index is 0.0633. The minimum Gasteiger partial charge on any atom is -0.481 e. The Morgan fingerprint density at radius 1 is 1.33 bits per heavy atom. The summed E-state index contributed by atoms with van der Waals surface area (Å²) in [7, 11) is 0. The molecule has 1 aliphatic carbocycles. The van der Waals surface area contributed by atoms with Gasteiger partial charge >= 0.3 is 5.97 Å². The Bertz CT molecular complexity index is 197. The standard InChI is InChI=1S/C13H24O2/c1-3-4-5-6-7-10(2)12(13(14)15)11-8-9-11/h10-12H,3-9H2,1-2H3,(H,14,15). The normalized spacial score (nSPS) is 19.9. The van der Waals surface area contributed by atoms with Crippen LogP contribution in [0, 0.1) is 17.8 Å². The number of carbonyl (C=O) groups is 1. The summed E-state index contributed by atoms with van der Waals surface area (Å²) in [5, 5.41) is 9.16. The van der Waals surface area contributed by atoms with E-state index in [1.165, 1.54) is 25.7 Å². The molecule has 0 aromatic heterocycles. The molecule has 0 amide bonds. The van der Waals surface area contributed by atoms with E-state index in [-0.39, 0.29) is 5.92 Å². The van der Waals surface area contributed by atoms with Crippen molar-refractivity contribution in [1.82, 2.24) is 0 Å². The quantitative estimate of drug-likeness (QED) is 0.623. The highest BCUT2D eigenvalue weighted by Crippen LogP contribution is 2.41. The highest BCUT2D eigenvalue weighted by atomic mass is 16.4. The molecule has 15 heavy (non-hydrogen) atoms. The van der Waals surface area contributed by atoms with Gasteiger partial charge in [-0.2, -0.15) is 0 Å². The Balaban J connectivity index is 2.23. The molecular weight excluding hydrogens is 188 g/mol. The van der Waals surface area contributed by atoms with Gasteiger partial charge in [0.15, 0.2) is 0 Å². The first-order valence-corrected chi connectivity index (χ1v) is 6.39. The molecule has 0 aliphatic heterocycles. The summed E-state index contributed by atoms with van der Waals surface area (Å²) in [5.41, 5.74) is 0. The first-order valence-electron chi connectivity index (χ1n) is 6.39. The Labute approximate surface area is 93.1 Å².